The Bertz CT molecular complexity index is 529. The molecule has 1 aromatic carbocycles. The van der Waals surface area contributed by atoms with Gasteiger partial charge in [0.05, 0.1) is 6.54 Å². The number of hydrogen-bond donors (Lipinski definition) is 2. The molecule has 2 amide bonds. The molecule has 0 spiro atoms. The highest BCUT2D eigenvalue weighted by Crippen LogP contribution is 2.22. The van der Waals surface area contributed by atoms with Crippen LogP contribution in [0.2, 0.25) is 0 Å². The van der Waals surface area contributed by atoms with Crippen molar-refractivity contribution < 1.29 is 14.3 Å². The van der Waals surface area contributed by atoms with E-state index in [0.29, 0.717) is 13.2 Å². The minimum atomic E-state index is -0.180. The van der Waals surface area contributed by atoms with Gasteiger partial charge in [-0.2, -0.15) is 0 Å². The summed E-state index contributed by atoms with van der Waals surface area (Å²) < 4.78 is 5.25. The summed E-state index contributed by atoms with van der Waals surface area (Å²) in [6.07, 6.45) is 3.17. The molecular formula is C18H26N2O3. The fraction of sp³-hybridized carbons (Fsp3) is 0.556. The van der Waals surface area contributed by atoms with E-state index in [1.807, 2.05) is 18.2 Å². The van der Waals surface area contributed by atoms with E-state index in [-0.39, 0.29) is 24.3 Å². The van der Waals surface area contributed by atoms with Crippen molar-refractivity contribution in [3.05, 3.63) is 29.3 Å². The second kappa shape index (κ2) is 8.67. The lowest BCUT2D eigenvalue weighted by Gasteiger charge is -2.21. The van der Waals surface area contributed by atoms with E-state index < -0.39 is 0 Å². The fourth-order valence-electron chi connectivity index (χ4n) is 2.86. The number of hydrogen-bond acceptors (Lipinski definition) is 3. The Morgan fingerprint density at radius 2 is 1.74 bits per heavy atom. The zero-order chi connectivity index (χ0) is 16.7. The Balaban J connectivity index is 1.91. The van der Waals surface area contributed by atoms with Crippen LogP contribution in [0.5, 0.6) is 0 Å². The van der Waals surface area contributed by atoms with Gasteiger partial charge < -0.3 is 15.4 Å². The number of rotatable bonds is 6. The van der Waals surface area contributed by atoms with E-state index in [1.54, 1.807) is 0 Å². The predicted octanol–water partition coefficient (Wildman–Crippen LogP) is 2.29. The van der Waals surface area contributed by atoms with Gasteiger partial charge in [0.15, 0.2) is 0 Å². The molecule has 1 aromatic rings. The van der Waals surface area contributed by atoms with E-state index >= 15 is 0 Å². The molecule has 23 heavy (non-hydrogen) atoms. The summed E-state index contributed by atoms with van der Waals surface area (Å²) in [7, 11) is 0. The third-order valence-electron chi connectivity index (χ3n) is 4.28. The van der Waals surface area contributed by atoms with Crippen molar-refractivity contribution >= 4 is 17.5 Å². The molecule has 0 radical (unpaired) electrons. The fourth-order valence-corrected chi connectivity index (χ4v) is 2.86. The zero-order valence-corrected chi connectivity index (χ0v) is 14.0. The van der Waals surface area contributed by atoms with Crippen molar-refractivity contribution in [3.63, 3.8) is 0 Å². The normalized spacial score (nSPS) is 15.2. The molecule has 1 saturated heterocycles. The summed E-state index contributed by atoms with van der Waals surface area (Å²) in [6.45, 7) is 5.38. The zero-order valence-electron chi connectivity index (χ0n) is 14.0. The molecule has 0 atom stereocenters. The van der Waals surface area contributed by atoms with Gasteiger partial charge in [-0.3, -0.25) is 9.59 Å². The van der Waals surface area contributed by atoms with E-state index in [4.69, 9.17) is 4.74 Å². The maximum absolute atomic E-state index is 12.2. The number of carbonyl (C=O) groups excluding carboxylic acids is 2. The van der Waals surface area contributed by atoms with Gasteiger partial charge in [0.25, 0.3) is 0 Å². The van der Waals surface area contributed by atoms with Crippen LogP contribution in [0.4, 0.5) is 5.69 Å². The van der Waals surface area contributed by atoms with E-state index in [0.717, 1.165) is 42.5 Å². The Morgan fingerprint density at radius 1 is 1.13 bits per heavy atom. The summed E-state index contributed by atoms with van der Waals surface area (Å²) in [4.78, 5) is 24.2. The standard InChI is InChI=1S/C18H26N2O3/c1-3-13-6-5-7-14(4-2)17(13)20-16(21)12-19-18(22)15-8-10-23-11-9-15/h5-7,15H,3-4,8-12H2,1-2H3,(H,19,22)(H,20,21). The van der Waals surface area contributed by atoms with Crippen molar-refractivity contribution in [1.82, 2.24) is 5.32 Å². The average Bonchev–Trinajstić information content (AvgIpc) is 2.60. The summed E-state index contributed by atoms with van der Waals surface area (Å²) in [5, 5.41) is 5.70. The first kappa shape index (κ1) is 17.5. The smallest absolute Gasteiger partial charge is 0.243 e. The molecular weight excluding hydrogens is 292 g/mol. The number of ether oxygens (including phenoxy) is 1. The highest BCUT2D eigenvalue weighted by molar-refractivity contribution is 5.96. The number of para-hydroxylation sites is 1. The van der Waals surface area contributed by atoms with Crippen LogP contribution in [0.15, 0.2) is 18.2 Å². The summed E-state index contributed by atoms with van der Waals surface area (Å²) in [5.74, 6) is -0.269. The number of aryl methyl sites for hydroxylation is 2. The second-order valence-electron chi connectivity index (χ2n) is 5.81. The molecule has 1 aliphatic rings. The number of amides is 2. The molecule has 0 bridgehead atoms. The molecule has 0 aromatic heterocycles. The van der Waals surface area contributed by atoms with Crippen LogP contribution in [0.3, 0.4) is 0 Å². The van der Waals surface area contributed by atoms with Crippen LogP contribution in [-0.4, -0.2) is 31.6 Å². The highest BCUT2D eigenvalue weighted by atomic mass is 16.5. The van der Waals surface area contributed by atoms with Crippen molar-refractivity contribution in [2.45, 2.75) is 39.5 Å². The first-order chi connectivity index (χ1) is 11.2. The highest BCUT2D eigenvalue weighted by Gasteiger charge is 2.21. The van der Waals surface area contributed by atoms with Crippen molar-refractivity contribution in [2.24, 2.45) is 5.92 Å². The molecule has 5 heteroatoms. The average molecular weight is 318 g/mol. The van der Waals surface area contributed by atoms with Crippen molar-refractivity contribution in [2.75, 3.05) is 25.1 Å². The van der Waals surface area contributed by atoms with Crippen LogP contribution in [0, 0.1) is 5.92 Å². The van der Waals surface area contributed by atoms with E-state index in [2.05, 4.69) is 24.5 Å². The summed E-state index contributed by atoms with van der Waals surface area (Å²) >= 11 is 0. The SMILES string of the molecule is CCc1cccc(CC)c1NC(=O)CNC(=O)C1CCOCC1. The van der Waals surface area contributed by atoms with Gasteiger partial charge in [-0.1, -0.05) is 32.0 Å². The molecule has 1 heterocycles. The molecule has 5 nitrogen and oxygen atoms in total. The van der Waals surface area contributed by atoms with Gasteiger partial charge >= 0.3 is 0 Å². The quantitative estimate of drug-likeness (QED) is 0.845. The van der Waals surface area contributed by atoms with Crippen LogP contribution < -0.4 is 10.6 Å². The maximum Gasteiger partial charge on any atom is 0.243 e. The number of nitrogens with one attached hydrogen (secondary N) is 2. The van der Waals surface area contributed by atoms with Gasteiger partial charge in [-0.15, -0.1) is 0 Å². The third-order valence-corrected chi connectivity index (χ3v) is 4.28. The van der Waals surface area contributed by atoms with Crippen molar-refractivity contribution in [3.8, 4) is 0 Å². The Kier molecular flexibility index (Phi) is 6.59. The van der Waals surface area contributed by atoms with Gasteiger partial charge in [-0.05, 0) is 36.8 Å². The van der Waals surface area contributed by atoms with Crippen LogP contribution in [0.25, 0.3) is 0 Å². The molecule has 2 N–H and O–H groups in total. The number of carbonyl (C=O) groups is 2. The lowest BCUT2D eigenvalue weighted by Crippen LogP contribution is -2.38. The summed E-state index contributed by atoms with van der Waals surface area (Å²) in [6, 6.07) is 6.06. The lowest BCUT2D eigenvalue weighted by atomic mass is 9.99. The monoisotopic (exact) mass is 318 g/mol. The van der Waals surface area contributed by atoms with Gasteiger partial charge in [0.1, 0.15) is 0 Å². The minimum absolute atomic E-state index is 0.0113. The summed E-state index contributed by atoms with van der Waals surface area (Å²) in [5.41, 5.74) is 3.13. The molecule has 1 aliphatic heterocycles. The molecule has 0 saturated carbocycles. The molecule has 126 valence electrons. The topological polar surface area (TPSA) is 67.4 Å². The van der Waals surface area contributed by atoms with Gasteiger partial charge in [0, 0.05) is 24.8 Å². The van der Waals surface area contributed by atoms with E-state index in [1.165, 1.54) is 0 Å². The molecule has 2 rings (SSSR count). The molecule has 0 aliphatic carbocycles. The van der Waals surface area contributed by atoms with Crippen LogP contribution in [0.1, 0.15) is 37.8 Å². The molecule has 0 unspecified atom stereocenters. The Morgan fingerprint density at radius 3 is 2.30 bits per heavy atom. The largest absolute Gasteiger partial charge is 0.381 e. The second-order valence-corrected chi connectivity index (χ2v) is 5.81. The van der Waals surface area contributed by atoms with Gasteiger partial charge in [-0.25, -0.2) is 0 Å². The van der Waals surface area contributed by atoms with E-state index in [9.17, 15) is 9.59 Å². The lowest BCUT2D eigenvalue weighted by molar-refractivity contribution is -0.129. The van der Waals surface area contributed by atoms with Crippen LogP contribution in [-0.2, 0) is 27.2 Å². The van der Waals surface area contributed by atoms with Crippen LogP contribution >= 0.6 is 0 Å². The third kappa shape index (κ3) is 4.79. The van der Waals surface area contributed by atoms with Gasteiger partial charge in [0.2, 0.25) is 11.8 Å². The predicted molar refractivity (Wildman–Crippen MR) is 90.4 cm³/mol. The minimum Gasteiger partial charge on any atom is -0.381 e. The molecule has 1 fully saturated rings. The Hall–Kier alpha value is -1.88. The Labute approximate surface area is 137 Å². The van der Waals surface area contributed by atoms with Crippen molar-refractivity contribution in [1.29, 1.82) is 0 Å². The first-order valence-corrected chi connectivity index (χ1v) is 8.41. The number of benzene rings is 1. The first-order valence-electron chi connectivity index (χ1n) is 8.41. The maximum atomic E-state index is 12.2. The number of anilines is 1.